The first-order valence-corrected chi connectivity index (χ1v) is 7.11. The number of Topliss-reactive ketones (excluding diaryl/α,β-unsaturated/α-hetero) is 1. The maximum absolute atomic E-state index is 13.3. The normalized spacial score (nSPS) is 13.7. The lowest BCUT2D eigenvalue weighted by Crippen LogP contribution is -2.04. The third-order valence-electron chi connectivity index (χ3n) is 3.35. The maximum atomic E-state index is 13.3. The molecule has 1 nitrogen and oxygen atoms in total. The van der Waals surface area contributed by atoms with Crippen LogP contribution in [0.2, 0.25) is 0 Å². The van der Waals surface area contributed by atoms with Gasteiger partial charge in [0.2, 0.25) is 0 Å². The summed E-state index contributed by atoms with van der Waals surface area (Å²) in [6.45, 7) is 2.07. The second kappa shape index (κ2) is 4.82. The molecule has 3 heteroatoms. The van der Waals surface area contributed by atoms with Crippen molar-refractivity contribution in [2.45, 2.75) is 29.6 Å². The van der Waals surface area contributed by atoms with Crippen LogP contribution in [0.5, 0.6) is 0 Å². The van der Waals surface area contributed by atoms with Crippen LogP contribution in [0, 0.1) is 5.82 Å². The zero-order valence-electron chi connectivity index (χ0n) is 10.6. The standard InChI is InChI=1S/C16H13FOS/c1-2-10-3-6-15-13(7-10)14(18)8-11-4-5-12(17)9-16(11)19-15/h3-7,9H,2,8H2,1H3. The molecule has 2 aromatic rings. The summed E-state index contributed by atoms with van der Waals surface area (Å²) in [7, 11) is 0. The van der Waals surface area contributed by atoms with Crippen LogP contribution in [-0.4, -0.2) is 5.78 Å². The number of fused-ring (bicyclic) bond motifs is 2. The number of aryl methyl sites for hydroxylation is 1. The van der Waals surface area contributed by atoms with Crippen LogP contribution in [0.15, 0.2) is 46.2 Å². The first-order valence-electron chi connectivity index (χ1n) is 6.30. The second-order valence-electron chi connectivity index (χ2n) is 4.64. The number of halogens is 1. The molecule has 19 heavy (non-hydrogen) atoms. The molecule has 0 N–H and O–H groups in total. The highest BCUT2D eigenvalue weighted by atomic mass is 32.2. The Morgan fingerprint density at radius 1 is 1.16 bits per heavy atom. The van der Waals surface area contributed by atoms with Gasteiger partial charge in [0.1, 0.15) is 5.82 Å². The molecule has 0 fully saturated rings. The molecule has 3 rings (SSSR count). The van der Waals surface area contributed by atoms with Gasteiger partial charge in [-0.25, -0.2) is 4.39 Å². The SMILES string of the molecule is CCc1ccc2c(c1)C(=O)Cc1ccc(F)cc1S2. The van der Waals surface area contributed by atoms with E-state index >= 15 is 0 Å². The Balaban J connectivity index is 2.13. The Morgan fingerprint density at radius 2 is 2.00 bits per heavy atom. The van der Waals surface area contributed by atoms with Crippen molar-refractivity contribution in [3.63, 3.8) is 0 Å². The molecule has 0 saturated carbocycles. The van der Waals surface area contributed by atoms with Gasteiger partial charge in [-0.1, -0.05) is 30.8 Å². The number of ketones is 1. The average Bonchev–Trinajstić information content (AvgIpc) is 2.54. The monoisotopic (exact) mass is 272 g/mol. The van der Waals surface area contributed by atoms with Crippen molar-refractivity contribution in [2.24, 2.45) is 0 Å². The summed E-state index contributed by atoms with van der Waals surface area (Å²) in [5.41, 5.74) is 2.83. The Labute approximate surface area is 115 Å². The third kappa shape index (κ3) is 2.30. The molecule has 1 aliphatic heterocycles. The number of benzene rings is 2. The largest absolute Gasteiger partial charge is 0.294 e. The highest BCUT2D eigenvalue weighted by molar-refractivity contribution is 7.99. The van der Waals surface area contributed by atoms with Gasteiger partial charge in [0.05, 0.1) is 0 Å². The lowest BCUT2D eigenvalue weighted by molar-refractivity contribution is 0.0990. The summed E-state index contributed by atoms with van der Waals surface area (Å²) >= 11 is 1.48. The van der Waals surface area contributed by atoms with Crippen LogP contribution in [0.3, 0.4) is 0 Å². The van der Waals surface area contributed by atoms with Crippen LogP contribution >= 0.6 is 11.8 Å². The zero-order chi connectivity index (χ0) is 13.4. The number of carbonyl (C=O) groups excluding carboxylic acids is 1. The molecule has 2 aromatic carbocycles. The molecule has 0 aliphatic carbocycles. The predicted molar refractivity (Wildman–Crippen MR) is 74.4 cm³/mol. The van der Waals surface area contributed by atoms with E-state index in [4.69, 9.17) is 0 Å². The van der Waals surface area contributed by atoms with Crippen molar-refractivity contribution >= 4 is 17.5 Å². The number of rotatable bonds is 1. The molecule has 0 unspecified atom stereocenters. The molecule has 0 atom stereocenters. The number of hydrogen-bond acceptors (Lipinski definition) is 2. The fourth-order valence-corrected chi connectivity index (χ4v) is 3.36. The van der Waals surface area contributed by atoms with Gasteiger partial charge in [-0.2, -0.15) is 0 Å². The molecule has 0 bridgehead atoms. The van der Waals surface area contributed by atoms with Crippen LogP contribution in [0.25, 0.3) is 0 Å². The maximum Gasteiger partial charge on any atom is 0.168 e. The molecule has 1 heterocycles. The van der Waals surface area contributed by atoms with Gasteiger partial charge in [-0.3, -0.25) is 4.79 Å². The van der Waals surface area contributed by atoms with Gasteiger partial charge in [0, 0.05) is 21.8 Å². The van der Waals surface area contributed by atoms with Crippen molar-refractivity contribution in [3.05, 3.63) is 58.9 Å². The Bertz CT molecular complexity index is 664. The first-order chi connectivity index (χ1) is 9.17. The third-order valence-corrected chi connectivity index (χ3v) is 4.53. The molecule has 0 spiro atoms. The van der Waals surface area contributed by atoms with Gasteiger partial charge >= 0.3 is 0 Å². The highest BCUT2D eigenvalue weighted by Gasteiger charge is 2.20. The molecule has 96 valence electrons. The van der Waals surface area contributed by atoms with E-state index in [9.17, 15) is 9.18 Å². The van der Waals surface area contributed by atoms with E-state index in [2.05, 4.69) is 6.92 Å². The van der Waals surface area contributed by atoms with Crippen LogP contribution in [0.1, 0.15) is 28.4 Å². The van der Waals surface area contributed by atoms with Crippen molar-refractivity contribution in [1.82, 2.24) is 0 Å². The Kier molecular flexibility index (Phi) is 3.15. The van der Waals surface area contributed by atoms with Gasteiger partial charge in [0.15, 0.2) is 5.78 Å². The summed E-state index contributed by atoms with van der Waals surface area (Å²) in [5, 5.41) is 0. The second-order valence-corrected chi connectivity index (χ2v) is 5.72. The van der Waals surface area contributed by atoms with Crippen molar-refractivity contribution < 1.29 is 9.18 Å². The van der Waals surface area contributed by atoms with Gasteiger partial charge in [-0.05, 0) is 41.8 Å². The summed E-state index contributed by atoms with van der Waals surface area (Å²) in [6, 6.07) is 10.6. The lowest BCUT2D eigenvalue weighted by atomic mass is 10.0. The van der Waals surface area contributed by atoms with Crippen molar-refractivity contribution in [3.8, 4) is 0 Å². The molecule has 0 saturated heterocycles. The average molecular weight is 272 g/mol. The summed E-state index contributed by atoms with van der Waals surface area (Å²) in [5.74, 6) is -0.143. The van der Waals surface area contributed by atoms with Crippen LogP contribution in [-0.2, 0) is 12.8 Å². The lowest BCUT2D eigenvalue weighted by Gasteiger charge is -2.06. The summed E-state index contributed by atoms with van der Waals surface area (Å²) in [4.78, 5) is 14.1. The van der Waals surface area contributed by atoms with E-state index in [1.165, 1.54) is 23.9 Å². The van der Waals surface area contributed by atoms with E-state index in [0.717, 1.165) is 32.9 Å². The smallest absolute Gasteiger partial charge is 0.168 e. The molecule has 0 amide bonds. The van der Waals surface area contributed by atoms with Crippen molar-refractivity contribution in [1.29, 1.82) is 0 Å². The fourth-order valence-electron chi connectivity index (χ4n) is 2.26. The topological polar surface area (TPSA) is 17.1 Å². The molecular formula is C16H13FOS. The number of hydrogen-bond donors (Lipinski definition) is 0. The molecule has 0 aromatic heterocycles. The number of carbonyl (C=O) groups is 1. The van der Waals surface area contributed by atoms with Crippen molar-refractivity contribution in [2.75, 3.05) is 0 Å². The van der Waals surface area contributed by atoms with Gasteiger partial charge in [0.25, 0.3) is 0 Å². The van der Waals surface area contributed by atoms with E-state index < -0.39 is 0 Å². The van der Waals surface area contributed by atoms with Crippen LogP contribution < -0.4 is 0 Å². The molecule has 1 aliphatic rings. The summed E-state index contributed by atoms with van der Waals surface area (Å²) < 4.78 is 13.3. The Hall–Kier alpha value is -1.61. The van der Waals surface area contributed by atoms with E-state index in [1.54, 1.807) is 6.07 Å². The first kappa shape index (κ1) is 12.4. The minimum atomic E-state index is -0.257. The van der Waals surface area contributed by atoms with Crippen LogP contribution in [0.4, 0.5) is 4.39 Å². The minimum absolute atomic E-state index is 0.114. The molecule has 0 radical (unpaired) electrons. The quantitative estimate of drug-likeness (QED) is 0.771. The summed E-state index contributed by atoms with van der Waals surface area (Å²) in [6.07, 6.45) is 1.26. The predicted octanol–water partition coefficient (Wildman–Crippen LogP) is 4.28. The fraction of sp³-hybridized carbons (Fsp3) is 0.188. The van der Waals surface area contributed by atoms with Gasteiger partial charge < -0.3 is 0 Å². The van der Waals surface area contributed by atoms with Gasteiger partial charge in [-0.15, -0.1) is 0 Å². The minimum Gasteiger partial charge on any atom is -0.294 e. The zero-order valence-corrected chi connectivity index (χ0v) is 11.4. The van der Waals surface area contributed by atoms with E-state index in [0.29, 0.717) is 6.42 Å². The molecular weight excluding hydrogens is 259 g/mol. The van der Waals surface area contributed by atoms with E-state index in [-0.39, 0.29) is 11.6 Å². The highest BCUT2D eigenvalue weighted by Crippen LogP contribution is 2.37. The Morgan fingerprint density at radius 3 is 2.79 bits per heavy atom. The van der Waals surface area contributed by atoms with E-state index in [1.807, 2.05) is 18.2 Å².